The largest absolute Gasteiger partial charge is 0.478 e. The lowest BCUT2D eigenvalue weighted by Gasteiger charge is -2.09. The molecule has 1 aliphatic heterocycles. The molecule has 0 fully saturated rings. The van der Waals surface area contributed by atoms with Gasteiger partial charge in [-0.15, -0.1) is 11.8 Å². The van der Waals surface area contributed by atoms with Crippen LogP contribution in [0.15, 0.2) is 11.0 Å². The molecule has 80 valence electrons. The fourth-order valence-corrected chi connectivity index (χ4v) is 3.40. The third kappa shape index (κ3) is 1.65. The molecule has 15 heavy (non-hydrogen) atoms. The summed E-state index contributed by atoms with van der Waals surface area (Å²) < 4.78 is 0. The Balaban J connectivity index is 2.63. The van der Waals surface area contributed by atoms with E-state index in [1.165, 1.54) is 10.5 Å². The second-order valence-corrected chi connectivity index (χ2v) is 5.56. The van der Waals surface area contributed by atoms with E-state index in [1.54, 1.807) is 6.07 Å². The molecular weight excluding hydrogens is 208 g/mol. The minimum absolute atomic E-state index is 0.459. The van der Waals surface area contributed by atoms with Crippen LogP contribution in [0.1, 0.15) is 34.0 Å². The minimum atomic E-state index is -0.817. The van der Waals surface area contributed by atoms with Crippen molar-refractivity contribution in [2.24, 2.45) is 0 Å². The van der Waals surface area contributed by atoms with E-state index in [4.69, 9.17) is 5.11 Å². The molecule has 0 aliphatic carbocycles. The number of carboxylic acid groups (broad SMARTS) is 1. The van der Waals surface area contributed by atoms with Gasteiger partial charge < -0.3 is 5.11 Å². The number of carbonyl (C=O) groups is 1. The second kappa shape index (κ2) is 3.56. The van der Waals surface area contributed by atoms with E-state index in [0.29, 0.717) is 10.8 Å². The second-order valence-electron chi connectivity index (χ2n) is 4.11. The fraction of sp³-hybridized carbons (Fsp3) is 0.417. The van der Waals surface area contributed by atoms with Gasteiger partial charge in [0.15, 0.2) is 0 Å². The highest BCUT2D eigenvalue weighted by Gasteiger charge is 2.25. The summed E-state index contributed by atoms with van der Waals surface area (Å²) in [4.78, 5) is 12.3. The average Bonchev–Trinajstić information content (AvgIpc) is 2.53. The third-order valence-corrected chi connectivity index (χ3v) is 4.26. The first-order valence-corrected chi connectivity index (χ1v) is 5.91. The number of aryl methyl sites for hydroxylation is 1. The van der Waals surface area contributed by atoms with Crippen molar-refractivity contribution in [3.05, 3.63) is 28.3 Å². The zero-order chi connectivity index (χ0) is 11.2. The quantitative estimate of drug-likeness (QED) is 0.793. The molecule has 1 aromatic rings. The van der Waals surface area contributed by atoms with E-state index in [2.05, 4.69) is 6.92 Å². The molecule has 1 atom stereocenters. The van der Waals surface area contributed by atoms with Gasteiger partial charge in [-0.2, -0.15) is 0 Å². The molecule has 0 saturated heterocycles. The lowest BCUT2D eigenvalue weighted by molar-refractivity contribution is 0.0695. The summed E-state index contributed by atoms with van der Waals surface area (Å²) in [6, 6.07) is 1.79. The van der Waals surface area contributed by atoms with Crippen molar-refractivity contribution < 1.29 is 9.90 Å². The molecule has 3 heteroatoms. The van der Waals surface area contributed by atoms with Crippen molar-refractivity contribution in [1.82, 2.24) is 0 Å². The zero-order valence-corrected chi connectivity index (χ0v) is 9.94. The molecule has 0 amide bonds. The number of hydrogen-bond donors (Lipinski definition) is 1. The SMILES string of the molecule is Cc1cc(C(=O)O)c(C)c2c1SC(C)C2. The summed E-state index contributed by atoms with van der Waals surface area (Å²) in [5, 5.41) is 9.65. The van der Waals surface area contributed by atoms with Crippen LogP contribution in [0.4, 0.5) is 0 Å². The summed E-state index contributed by atoms with van der Waals surface area (Å²) in [7, 11) is 0. The topological polar surface area (TPSA) is 37.3 Å². The van der Waals surface area contributed by atoms with E-state index in [0.717, 1.165) is 17.5 Å². The Bertz CT molecular complexity index is 438. The van der Waals surface area contributed by atoms with Gasteiger partial charge in [0.1, 0.15) is 0 Å². The predicted molar refractivity (Wildman–Crippen MR) is 61.9 cm³/mol. The first kappa shape index (κ1) is 10.6. The highest BCUT2D eigenvalue weighted by molar-refractivity contribution is 8.00. The van der Waals surface area contributed by atoms with E-state index in [1.807, 2.05) is 25.6 Å². The van der Waals surface area contributed by atoms with Crippen molar-refractivity contribution in [2.75, 3.05) is 0 Å². The molecule has 0 aromatic heterocycles. The maximum Gasteiger partial charge on any atom is 0.335 e. The van der Waals surface area contributed by atoms with Crippen LogP contribution < -0.4 is 0 Å². The highest BCUT2D eigenvalue weighted by Crippen LogP contribution is 2.41. The van der Waals surface area contributed by atoms with E-state index < -0.39 is 5.97 Å². The fourth-order valence-electron chi connectivity index (χ4n) is 2.12. The van der Waals surface area contributed by atoms with Crippen molar-refractivity contribution in [3.8, 4) is 0 Å². The molecule has 1 aliphatic rings. The Labute approximate surface area is 93.7 Å². The number of benzene rings is 1. The molecule has 1 heterocycles. The summed E-state index contributed by atoms with van der Waals surface area (Å²) in [6.45, 7) is 6.10. The number of rotatable bonds is 1. The molecule has 1 aromatic carbocycles. The minimum Gasteiger partial charge on any atom is -0.478 e. The molecule has 0 bridgehead atoms. The molecule has 0 saturated carbocycles. The first-order valence-electron chi connectivity index (χ1n) is 5.03. The molecule has 1 N–H and O–H groups in total. The maximum atomic E-state index is 11.0. The van der Waals surface area contributed by atoms with Crippen LogP contribution in [-0.4, -0.2) is 16.3 Å². The number of hydrogen-bond acceptors (Lipinski definition) is 2. The first-order chi connectivity index (χ1) is 7.00. The number of thioether (sulfide) groups is 1. The van der Waals surface area contributed by atoms with Crippen LogP contribution in [-0.2, 0) is 6.42 Å². The van der Waals surface area contributed by atoms with Crippen LogP contribution in [0.2, 0.25) is 0 Å². The van der Waals surface area contributed by atoms with Gasteiger partial charge in [0, 0.05) is 10.1 Å². The lowest BCUT2D eigenvalue weighted by atomic mass is 9.96. The van der Waals surface area contributed by atoms with Gasteiger partial charge in [0.05, 0.1) is 5.56 Å². The molecule has 2 nitrogen and oxygen atoms in total. The van der Waals surface area contributed by atoms with Gasteiger partial charge in [0.25, 0.3) is 0 Å². The summed E-state index contributed by atoms with van der Waals surface area (Å²) in [6.07, 6.45) is 0.994. The van der Waals surface area contributed by atoms with Gasteiger partial charge in [0.2, 0.25) is 0 Å². The normalized spacial score (nSPS) is 19.0. The average molecular weight is 222 g/mol. The standard InChI is InChI=1S/C12H14O2S/c1-6-4-10(12(13)14)8(3)9-5-7(2)15-11(6)9/h4,7H,5H2,1-3H3,(H,13,14). The molecule has 2 rings (SSSR count). The Morgan fingerprint density at radius 3 is 2.80 bits per heavy atom. The summed E-state index contributed by atoms with van der Waals surface area (Å²) in [5.74, 6) is -0.817. The Hall–Kier alpha value is -0.960. The summed E-state index contributed by atoms with van der Waals surface area (Å²) in [5.41, 5.74) is 3.74. The molecular formula is C12H14O2S. The number of fused-ring (bicyclic) bond motifs is 1. The van der Waals surface area contributed by atoms with Crippen molar-refractivity contribution in [2.45, 2.75) is 37.3 Å². The Morgan fingerprint density at radius 1 is 1.53 bits per heavy atom. The molecule has 0 radical (unpaired) electrons. The van der Waals surface area contributed by atoms with Gasteiger partial charge >= 0.3 is 5.97 Å². The number of carboxylic acids is 1. The van der Waals surface area contributed by atoms with E-state index in [9.17, 15) is 4.79 Å². The van der Waals surface area contributed by atoms with Crippen LogP contribution in [0.25, 0.3) is 0 Å². The van der Waals surface area contributed by atoms with Crippen LogP contribution >= 0.6 is 11.8 Å². The van der Waals surface area contributed by atoms with Crippen molar-refractivity contribution >= 4 is 17.7 Å². The number of aromatic carboxylic acids is 1. The van der Waals surface area contributed by atoms with Crippen molar-refractivity contribution in [1.29, 1.82) is 0 Å². The maximum absolute atomic E-state index is 11.0. The Kier molecular flexibility index (Phi) is 2.51. The molecule has 0 spiro atoms. The van der Waals surface area contributed by atoms with E-state index >= 15 is 0 Å². The highest BCUT2D eigenvalue weighted by atomic mass is 32.2. The molecule has 1 unspecified atom stereocenters. The smallest absolute Gasteiger partial charge is 0.335 e. The van der Waals surface area contributed by atoms with Crippen LogP contribution in [0.5, 0.6) is 0 Å². The summed E-state index contributed by atoms with van der Waals surface area (Å²) >= 11 is 1.86. The van der Waals surface area contributed by atoms with Crippen molar-refractivity contribution in [3.63, 3.8) is 0 Å². The van der Waals surface area contributed by atoms with Gasteiger partial charge in [-0.25, -0.2) is 4.79 Å². The van der Waals surface area contributed by atoms with E-state index in [-0.39, 0.29) is 0 Å². The predicted octanol–water partition coefficient (Wildman–Crippen LogP) is 3.04. The van der Waals surface area contributed by atoms with Gasteiger partial charge in [-0.1, -0.05) is 6.92 Å². The zero-order valence-electron chi connectivity index (χ0n) is 9.13. The van der Waals surface area contributed by atoms with Gasteiger partial charge in [-0.05, 0) is 43.0 Å². The Morgan fingerprint density at radius 2 is 2.20 bits per heavy atom. The van der Waals surface area contributed by atoms with Crippen LogP contribution in [0, 0.1) is 13.8 Å². The third-order valence-electron chi connectivity index (χ3n) is 2.89. The van der Waals surface area contributed by atoms with Gasteiger partial charge in [-0.3, -0.25) is 0 Å². The van der Waals surface area contributed by atoms with Crippen LogP contribution in [0.3, 0.4) is 0 Å². The lowest BCUT2D eigenvalue weighted by Crippen LogP contribution is -2.04. The monoisotopic (exact) mass is 222 g/mol.